The van der Waals surface area contributed by atoms with Crippen LogP contribution in [0.25, 0.3) is 0 Å². The van der Waals surface area contributed by atoms with Crippen LogP contribution in [0.15, 0.2) is 173 Å². The van der Waals surface area contributed by atoms with E-state index in [0.29, 0.717) is 24.5 Å². The van der Waals surface area contributed by atoms with Crippen molar-refractivity contribution in [2.75, 3.05) is 7.11 Å². The van der Waals surface area contributed by atoms with E-state index in [1.807, 2.05) is 97.0 Å². The Balaban J connectivity index is 0. The highest BCUT2D eigenvalue weighted by atomic mass is 79.9. The number of benzene rings is 6. The fourth-order valence-corrected chi connectivity index (χ4v) is 11.7. The number of carbonyl (C=O) groups excluding carboxylic acids is 1. The van der Waals surface area contributed by atoms with Gasteiger partial charge in [-0.2, -0.15) is 26.3 Å². The van der Waals surface area contributed by atoms with E-state index in [-0.39, 0.29) is 39.8 Å². The minimum atomic E-state index is -4.75. The first-order valence-corrected chi connectivity index (χ1v) is 35.4. The summed E-state index contributed by atoms with van der Waals surface area (Å²) in [5.41, 5.74) is 7.22. The van der Waals surface area contributed by atoms with Crippen LogP contribution in [-0.4, -0.2) is 52.7 Å². The Labute approximate surface area is 559 Å². The van der Waals surface area contributed by atoms with E-state index >= 15 is 0 Å². The first-order valence-electron chi connectivity index (χ1n) is 26.0. The van der Waals surface area contributed by atoms with Crippen LogP contribution >= 0.6 is 86.8 Å². The molecule has 0 aliphatic carbocycles. The number of ketones is 1. The van der Waals surface area contributed by atoms with Gasteiger partial charge in [-0.3, -0.25) is 9.93 Å². The first-order chi connectivity index (χ1) is 39.6. The summed E-state index contributed by atoms with van der Waals surface area (Å²) in [7, 11) is -5.08. The maximum absolute atomic E-state index is 13.1. The predicted molar refractivity (Wildman–Crippen MR) is 359 cm³/mol. The van der Waals surface area contributed by atoms with Gasteiger partial charge in [0, 0.05) is 65.8 Å². The third kappa shape index (κ3) is 33.3. The van der Waals surface area contributed by atoms with Gasteiger partial charge >= 0.3 is 12.4 Å². The van der Waals surface area contributed by atoms with Gasteiger partial charge in [0.15, 0.2) is 5.78 Å². The summed E-state index contributed by atoms with van der Waals surface area (Å²) in [6, 6.07) is 38.2. The normalized spacial score (nSPS) is 13.2. The zero-order valence-corrected chi connectivity index (χ0v) is 60.8. The molecule has 28 heteroatoms. The lowest BCUT2D eigenvalue weighted by atomic mass is 10.1. The van der Waals surface area contributed by atoms with E-state index in [9.17, 15) is 56.4 Å². The van der Waals surface area contributed by atoms with Gasteiger partial charge in [0.25, 0.3) is 9.05 Å². The molecule has 6 rings (SSSR count). The van der Waals surface area contributed by atoms with Crippen LogP contribution in [0.4, 0.5) is 26.3 Å². The molecular weight excluding hydrogens is 1530 g/mol. The summed E-state index contributed by atoms with van der Waals surface area (Å²) in [5.74, 6) is 0.186. The second kappa shape index (κ2) is 40.8. The maximum Gasteiger partial charge on any atom is 0.417 e. The largest absolute Gasteiger partial charge is 0.417 e. The molecule has 7 N–H and O–H groups in total. The summed E-state index contributed by atoms with van der Waals surface area (Å²) < 4.78 is 154. The Hall–Kier alpha value is -2.93. The monoisotopic (exact) mass is 1600 g/mol. The molecule has 5 atom stereocenters. The van der Waals surface area contributed by atoms with Crippen molar-refractivity contribution >= 4 is 134 Å². The highest BCUT2D eigenvalue weighted by Gasteiger charge is 2.38. The van der Waals surface area contributed by atoms with Crippen LogP contribution in [0.1, 0.15) is 151 Å². The van der Waals surface area contributed by atoms with Gasteiger partial charge in [0.05, 0.1) is 52.4 Å². The number of rotatable bonds is 14. The molecule has 87 heavy (non-hydrogen) atoms. The van der Waals surface area contributed by atoms with Gasteiger partial charge < -0.3 is 10.8 Å². The fraction of sp³-hybridized carbons (Fsp3) is 0.373. The standard InChI is InChI=1S/C16H15BrF3NO2S.C13H20BrNOS.C9H12BrN.C9H9BrO.C7H4ClF3O2S.C4H11NOS.CH4O.ClH/c1-2-14(11-6-5-7-12(17)10-11)21-24(22,23)15-9-4-3-8-13(15)16(18,19)20;1-5-12(15-17(16)13(2,3)4)10-7-6-8-11(14)9-10;2*1-2-9(11)7-4-3-5-8(10)6-7;8-14(12,13)6-4-2-1-3-5(6)7(9,10)11;1-4(2,3)7(5)6;1-2;/h3-10,14,21H,2H2,1H3;6-9,12,15H,5H2,1-4H3;3-6,9H,2,11H2,1H3;3-6H,2H2,1H3;1-4H;5H2,1-3H3;2H,1H3;1H/t14-;12-,17-;9-;;;7-;;/m000..0../s1. The van der Waals surface area contributed by atoms with Crippen molar-refractivity contribution in [3.05, 3.63) is 197 Å². The van der Waals surface area contributed by atoms with Crippen molar-refractivity contribution in [2.24, 2.45) is 10.9 Å². The third-order valence-corrected chi connectivity index (χ3v) is 18.8. The van der Waals surface area contributed by atoms with Crippen molar-refractivity contribution in [2.45, 2.75) is 145 Å². The van der Waals surface area contributed by atoms with Crippen molar-refractivity contribution in [3.8, 4) is 0 Å². The van der Waals surface area contributed by atoms with Crippen LogP contribution in [0.3, 0.4) is 0 Å². The van der Waals surface area contributed by atoms with Gasteiger partial charge in [0.2, 0.25) is 10.0 Å². The molecule has 6 aromatic rings. The molecule has 0 saturated heterocycles. The molecule has 0 unspecified atom stereocenters. The molecule has 0 bridgehead atoms. The lowest BCUT2D eigenvalue weighted by molar-refractivity contribution is -0.140. The first kappa shape index (κ1) is 86.1. The number of hydrogen-bond donors (Lipinski definition) is 5. The number of halogens is 12. The lowest BCUT2D eigenvalue weighted by Gasteiger charge is -2.23. The van der Waals surface area contributed by atoms with Gasteiger partial charge in [-0.15, -0.1) is 12.4 Å². The summed E-state index contributed by atoms with van der Waals surface area (Å²) in [4.78, 5) is 9.45. The van der Waals surface area contributed by atoms with Crippen LogP contribution < -0.4 is 20.3 Å². The Morgan fingerprint density at radius 2 is 0.920 bits per heavy atom. The fourth-order valence-electron chi connectivity index (χ4n) is 6.47. The Morgan fingerprint density at radius 1 is 0.563 bits per heavy atom. The molecule has 0 aromatic heterocycles. The number of hydrogen-bond acceptors (Lipinski definition) is 9. The average Bonchev–Trinajstić information content (AvgIpc) is 3.55. The number of aliphatic hydroxyl groups is 1. The Kier molecular flexibility index (Phi) is 40.4. The topological polar surface area (TPSA) is 216 Å². The van der Waals surface area contributed by atoms with Gasteiger partial charge in [-0.1, -0.05) is 164 Å². The van der Waals surface area contributed by atoms with Crippen molar-refractivity contribution in [1.82, 2.24) is 9.44 Å². The van der Waals surface area contributed by atoms with Gasteiger partial charge in [-0.25, -0.2) is 34.7 Å². The zero-order chi connectivity index (χ0) is 66.6. The SMILES string of the molecule is CC(C)(C)[S@@](N)=O.CCC(=O)c1cccc(Br)c1.CC[C@H](N)c1cccc(Br)c1.CC[C@H](NS(=O)(=O)c1ccccc1C(F)(F)F)c1cccc(Br)c1.CC[C@H](N[S@@](=O)C(C)(C)C)c1cccc(Br)c1.CO.Cl.O=S(=O)(Cl)c1ccccc1C(F)(F)F. The molecule has 0 amide bonds. The minimum absolute atomic E-state index is 0. The molecule has 0 radical (unpaired) electrons. The number of nitrogens with one attached hydrogen (secondary N) is 2. The molecule has 6 aromatic carbocycles. The van der Waals surface area contributed by atoms with E-state index in [0.717, 1.165) is 73.7 Å². The number of alkyl halides is 6. The summed E-state index contributed by atoms with van der Waals surface area (Å²) in [6.45, 7) is 19.2. The lowest BCUT2D eigenvalue weighted by Crippen LogP contribution is -2.35. The smallest absolute Gasteiger partial charge is 0.400 e. The van der Waals surface area contributed by atoms with Crippen molar-refractivity contribution in [3.63, 3.8) is 0 Å². The second-order valence-corrected chi connectivity index (χ2v) is 31.5. The Morgan fingerprint density at radius 3 is 1.25 bits per heavy atom. The number of Topliss-reactive ketones (excluding diaryl/α,β-unsaturated/α-hetero) is 1. The van der Waals surface area contributed by atoms with E-state index in [1.165, 1.54) is 23.3 Å². The highest BCUT2D eigenvalue weighted by Crippen LogP contribution is 2.36. The van der Waals surface area contributed by atoms with Crippen molar-refractivity contribution < 1.29 is 61.5 Å². The number of carbonyl (C=O) groups is 1. The second-order valence-electron chi connectivity index (χ2n) is 19.8. The van der Waals surface area contributed by atoms with E-state index in [4.69, 9.17) is 26.7 Å². The summed E-state index contributed by atoms with van der Waals surface area (Å²) >= 11 is 13.5. The molecule has 0 aliphatic rings. The minimum Gasteiger partial charge on any atom is -0.400 e. The van der Waals surface area contributed by atoms with Crippen molar-refractivity contribution in [1.29, 1.82) is 0 Å². The maximum atomic E-state index is 13.1. The summed E-state index contributed by atoms with van der Waals surface area (Å²) in [5, 5.41) is 12.0. The van der Waals surface area contributed by atoms with E-state index in [2.05, 4.69) is 111 Å². The van der Waals surface area contributed by atoms with Crippen LogP contribution in [0.2, 0.25) is 0 Å². The van der Waals surface area contributed by atoms with Crippen LogP contribution in [0, 0.1) is 0 Å². The predicted octanol–water partition coefficient (Wildman–Crippen LogP) is 17.8. The molecule has 0 spiro atoms. The number of aliphatic hydroxyl groups excluding tert-OH is 1. The zero-order valence-electron chi connectivity index (χ0n) is 49.6. The average molecular weight is 1600 g/mol. The summed E-state index contributed by atoms with van der Waals surface area (Å²) in [6.07, 6.45) is -6.61. The van der Waals surface area contributed by atoms with E-state index < -0.39 is 80.4 Å². The Bertz CT molecular complexity index is 3330. The third-order valence-electron chi connectivity index (χ3n) is 11.1. The molecule has 0 fully saturated rings. The van der Waals surface area contributed by atoms with Gasteiger partial charge in [-0.05, 0) is 150 Å². The number of sulfonamides is 1. The van der Waals surface area contributed by atoms with Crippen LogP contribution in [-0.2, 0) is 53.4 Å². The van der Waals surface area contributed by atoms with E-state index in [1.54, 1.807) is 31.2 Å². The molecular formula is C59H76Br4Cl2F6N4O8S4. The molecule has 488 valence electrons. The molecule has 0 aliphatic heterocycles. The number of nitrogens with two attached hydrogens (primary N) is 2. The highest BCUT2D eigenvalue weighted by molar-refractivity contribution is 9.11. The molecule has 0 heterocycles. The molecule has 12 nitrogen and oxygen atoms in total. The van der Waals surface area contributed by atoms with Crippen LogP contribution in [0.5, 0.6) is 0 Å². The van der Waals surface area contributed by atoms with Gasteiger partial charge in [0.1, 0.15) is 0 Å². The molecule has 0 saturated carbocycles. The quantitative estimate of drug-likeness (QED) is 0.0398.